The predicted octanol–water partition coefficient (Wildman–Crippen LogP) is 1.47. The SMILES string of the molecule is CN1CCN(CC(=O)Nc2cc3cc(-c4cnco4)ccc3nn2)CC1. The summed E-state index contributed by atoms with van der Waals surface area (Å²) in [6.07, 6.45) is 3.06. The highest BCUT2D eigenvalue weighted by Crippen LogP contribution is 2.24. The van der Waals surface area contributed by atoms with Gasteiger partial charge in [0.05, 0.1) is 18.3 Å². The minimum atomic E-state index is -0.0745. The minimum absolute atomic E-state index is 0.0745. The van der Waals surface area contributed by atoms with Crippen LogP contribution in [0.25, 0.3) is 22.2 Å². The first kappa shape index (κ1) is 16.6. The number of amides is 1. The molecule has 1 amide bonds. The van der Waals surface area contributed by atoms with E-state index >= 15 is 0 Å². The normalized spacial score (nSPS) is 16.0. The van der Waals surface area contributed by atoms with Crippen LogP contribution in [-0.2, 0) is 4.79 Å². The van der Waals surface area contributed by atoms with Gasteiger partial charge >= 0.3 is 0 Å². The Morgan fingerprint density at radius 3 is 2.81 bits per heavy atom. The Labute approximate surface area is 150 Å². The maximum Gasteiger partial charge on any atom is 0.239 e. The highest BCUT2D eigenvalue weighted by Gasteiger charge is 2.17. The van der Waals surface area contributed by atoms with Crippen molar-refractivity contribution in [2.75, 3.05) is 45.1 Å². The highest BCUT2D eigenvalue weighted by atomic mass is 16.3. The fourth-order valence-corrected chi connectivity index (χ4v) is 3.01. The summed E-state index contributed by atoms with van der Waals surface area (Å²) in [5.41, 5.74) is 1.66. The van der Waals surface area contributed by atoms with Crippen LogP contribution < -0.4 is 5.32 Å². The van der Waals surface area contributed by atoms with Crippen molar-refractivity contribution >= 4 is 22.6 Å². The number of benzene rings is 1. The third-order valence-corrected chi connectivity index (χ3v) is 4.53. The van der Waals surface area contributed by atoms with Crippen molar-refractivity contribution < 1.29 is 9.21 Å². The van der Waals surface area contributed by atoms with Crippen molar-refractivity contribution in [3.05, 3.63) is 36.9 Å². The van der Waals surface area contributed by atoms with Gasteiger partial charge in [0.2, 0.25) is 5.91 Å². The lowest BCUT2D eigenvalue weighted by molar-refractivity contribution is -0.117. The molecule has 3 heterocycles. The Kier molecular flexibility index (Phi) is 4.59. The van der Waals surface area contributed by atoms with Crippen molar-refractivity contribution in [1.82, 2.24) is 25.0 Å². The van der Waals surface area contributed by atoms with E-state index in [4.69, 9.17) is 4.42 Å². The zero-order valence-electron chi connectivity index (χ0n) is 14.6. The first-order valence-corrected chi connectivity index (χ1v) is 8.54. The fraction of sp³-hybridized carbons (Fsp3) is 0.333. The van der Waals surface area contributed by atoms with Gasteiger partial charge in [-0.05, 0) is 31.3 Å². The summed E-state index contributed by atoms with van der Waals surface area (Å²) < 4.78 is 5.33. The third kappa shape index (κ3) is 3.71. The number of fused-ring (bicyclic) bond motifs is 1. The largest absolute Gasteiger partial charge is 0.444 e. The van der Waals surface area contributed by atoms with Gasteiger partial charge in [0.15, 0.2) is 18.0 Å². The first-order valence-electron chi connectivity index (χ1n) is 8.54. The number of piperazine rings is 1. The number of hydrogen-bond donors (Lipinski definition) is 1. The maximum absolute atomic E-state index is 12.3. The summed E-state index contributed by atoms with van der Waals surface area (Å²) in [5.74, 6) is 1.06. The van der Waals surface area contributed by atoms with Crippen LogP contribution in [0.2, 0.25) is 0 Å². The average molecular weight is 352 g/mol. The summed E-state index contributed by atoms with van der Waals surface area (Å²) in [6, 6.07) is 7.55. The van der Waals surface area contributed by atoms with Crippen LogP contribution in [0.5, 0.6) is 0 Å². The van der Waals surface area contributed by atoms with Crippen LogP contribution in [0.3, 0.4) is 0 Å². The zero-order valence-corrected chi connectivity index (χ0v) is 14.6. The Balaban J connectivity index is 1.47. The molecular weight excluding hydrogens is 332 g/mol. The number of nitrogens with one attached hydrogen (secondary N) is 1. The van der Waals surface area contributed by atoms with Crippen molar-refractivity contribution in [3.63, 3.8) is 0 Å². The molecule has 0 atom stereocenters. The Morgan fingerprint density at radius 1 is 1.19 bits per heavy atom. The molecule has 8 nitrogen and oxygen atoms in total. The van der Waals surface area contributed by atoms with E-state index in [0.29, 0.717) is 18.1 Å². The van der Waals surface area contributed by atoms with Crippen LogP contribution in [0.1, 0.15) is 0 Å². The highest BCUT2D eigenvalue weighted by molar-refractivity contribution is 5.93. The van der Waals surface area contributed by atoms with Crippen LogP contribution >= 0.6 is 0 Å². The topological polar surface area (TPSA) is 87.4 Å². The van der Waals surface area contributed by atoms with E-state index in [1.807, 2.05) is 24.3 Å². The second-order valence-electron chi connectivity index (χ2n) is 6.50. The van der Waals surface area contributed by atoms with Crippen LogP contribution in [0, 0.1) is 0 Å². The van der Waals surface area contributed by atoms with Crippen molar-refractivity contribution in [2.45, 2.75) is 0 Å². The van der Waals surface area contributed by atoms with E-state index in [1.54, 1.807) is 6.20 Å². The van der Waals surface area contributed by atoms with E-state index in [0.717, 1.165) is 42.6 Å². The van der Waals surface area contributed by atoms with Gasteiger partial charge in [0.1, 0.15) is 0 Å². The molecule has 1 N–H and O–H groups in total. The average Bonchev–Trinajstić information content (AvgIpc) is 3.18. The van der Waals surface area contributed by atoms with Gasteiger partial charge in [0.25, 0.3) is 0 Å². The number of aromatic nitrogens is 3. The van der Waals surface area contributed by atoms with Gasteiger partial charge in [-0.1, -0.05) is 0 Å². The molecule has 1 fully saturated rings. The molecule has 8 heteroatoms. The molecule has 134 valence electrons. The monoisotopic (exact) mass is 352 g/mol. The molecule has 1 aliphatic heterocycles. The standard InChI is InChI=1S/C18H20N6O2/c1-23-4-6-24(7-5-23)11-18(25)20-17-9-14-8-13(16-10-19-12-26-16)2-3-15(14)21-22-17/h2-3,8-10,12H,4-7,11H2,1H3,(H,20,22,25). The summed E-state index contributed by atoms with van der Waals surface area (Å²) in [6.45, 7) is 4.12. The lowest BCUT2D eigenvalue weighted by Gasteiger charge is -2.31. The molecule has 1 aliphatic rings. The number of likely N-dealkylation sites (N-methyl/N-ethyl adjacent to an activating group) is 1. The van der Waals surface area contributed by atoms with Gasteiger partial charge in [-0.15, -0.1) is 10.2 Å². The lowest BCUT2D eigenvalue weighted by Crippen LogP contribution is -2.47. The van der Waals surface area contributed by atoms with E-state index in [2.05, 4.69) is 37.3 Å². The Morgan fingerprint density at radius 2 is 2.04 bits per heavy atom. The van der Waals surface area contributed by atoms with E-state index < -0.39 is 0 Å². The van der Waals surface area contributed by atoms with Gasteiger partial charge in [-0.25, -0.2) is 4.98 Å². The van der Waals surface area contributed by atoms with E-state index in [1.165, 1.54) is 6.39 Å². The van der Waals surface area contributed by atoms with Crippen molar-refractivity contribution in [2.24, 2.45) is 0 Å². The molecule has 0 aliphatic carbocycles. The molecule has 0 bridgehead atoms. The van der Waals surface area contributed by atoms with Crippen LogP contribution in [0.4, 0.5) is 5.82 Å². The number of anilines is 1. The molecule has 2 aromatic heterocycles. The summed E-state index contributed by atoms with van der Waals surface area (Å²) in [7, 11) is 2.09. The van der Waals surface area contributed by atoms with E-state index in [-0.39, 0.29) is 5.91 Å². The molecule has 0 radical (unpaired) electrons. The summed E-state index contributed by atoms with van der Waals surface area (Å²) in [5, 5.41) is 12.0. The van der Waals surface area contributed by atoms with Crippen molar-refractivity contribution in [3.8, 4) is 11.3 Å². The smallest absolute Gasteiger partial charge is 0.239 e. The predicted molar refractivity (Wildman–Crippen MR) is 97.6 cm³/mol. The number of hydrogen-bond acceptors (Lipinski definition) is 7. The lowest BCUT2D eigenvalue weighted by atomic mass is 10.1. The van der Waals surface area contributed by atoms with Gasteiger partial charge in [-0.2, -0.15) is 0 Å². The minimum Gasteiger partial charge on any atom is -0.444 e. The molecule has 3 aromatic rings. The number of oxazole rings is 1. The molecule has 4 rings (SSSR count). The molecule has 1 aromatic carbocycles. The first-order chi connectivity index (χ1) is 12.7. The number of nitrogens with zero attached hydrogens (tertiary/aromatic N) is 5. The summed E-state index contributed by atoms with van der Waals surface area (Å²) in [4.78, 5) is 20.6. The van der Waals surface area contributed by atoms with Gasteiger partial charge in [-0.3, -0.25) is 9.69 Å². The quantitative estimate of drug-likeness (QED) is 0.761. The molecule has 0 unspecified atom stereocenters. The fourth-order valence-electron chi connectivity index (χ4n) is 3.01. The maximum atomic E-state index is 12.3. The number of carbonyl (C=O) groups is 1. The molecule has 0 spiro atoms. The van der Waals surface area contributed by atoms with Crippen molar-refractivity contribution in [1.29, 1.82) is 0 Å². The Bertz CT molecular complexity index is 903. The Hall–Kier alpha value is -2.84. The van der Waals surface area contributed by atoms with Gasteiger partial charge in [0, 0.05) is 37.1 Å². The molecule has 0 saturated carbocycles. The molecule has 26 heavy (non-hydrogen) atoms. The second kappa shape index (κ2) is 7.19. The number of carbonyl (C=O) groups excluding carboxylic acids is 1. The second-order valence-corrected chi connectivity index (χ2v) is 6.50. The zero-order chi connectivity index (χ0) is 17.9. The van der Waals surface area contributed by atoms with Crippen LogP contribution in [-0.4, -0.2) is 70.7 Å². The third-order valence-electron chi connectivity index (χ3n) is 4.53. The summed E-state index contributed by atoms with van der Waals surface area (Å²) >= 11 is 0. The molecular formula is C18H20N6O2. The van der Waals surface area contributed by atoms with E-state index in [9.17, 15) is 4.79 Å². The van der Waals surface area contributed by atoms with Gasteiger partial charge < -0.3 is 14.6 Å². The van der Waals surface area contributed by atoms with Crippen LogP contribution in [0.15, 0.2) is 41.3 Å². The number of rotatable bonds is 4. The molecule has 1 saturated heterocycles.